The minimum absolute atomic E-state index is 0.00535. The highest BCUT2D eigenvalue weighted by Crippen LogP contribution is 2.38. The molecule has 2 fully saturated rings. The Morgan fingerprint density at radius 2 is 1.29 bits per heavy atom. The van der Waals surface area contributed by atoms with E-state index in [4.69, 9.17) is 0 Å². The number of nitrogens with one attached hydrogen (secondary N) is 6. The van der Waals surface area contributed by atoms with Crippen molar-refractivity contribution >= 4 is 59.1 Å². The first kappa shape index (κ1) is 66.7. The van der Waals surface area contributed by atoms with Crippen molar-refractivity contribution in [2.45, 2.75) is 162 Å². The Morgan fingerprint density at radius 1 is 0.663 bits per heavy atom. The van der Waals surface area contributed by atoms with Gasteiger partial charge in [-0.15, -0.1) is 0 Å². The lowest BCUT2D eigenvalue weighted by Gasteiger charge is -2.42. The second-order valence-corrected chi connectivity index (χ2v) is 23.6. The molecule has 10 amide bonds. The first-order valence-electron chi connectivity index (χ1n) is 29.2. The molecule has 23 nitrogen and oxygen atoms in total. The van der Waals surface area contributed by atoms with Gasteiger partial charge in [0.2, 0.25) is 53.2 Å². The van der Waals surface area contributed by atoms with Crippen molar-refractivity contribution < 1.29 is 53.1 Å². The number of aliphatic hydroxyl groups excluding tert-OH is 1. The number of allylic oxidation sites excluding steroid dienone is 4. The highest BCUT2D eigenvalue weighted by molar-refractivity contribution is 5.99. The van der Waals surface area contributed by atoms with Crippen LogP contribution in [0, 0.1) is 29.6 Å². The van der Waals surface area contributed by atoms with Crippen molar-refractivity contribution in [2.24, 2.45) is 29.6 Å². The van der Waals surface area contributed by atoms with Gasteiger partial charge in [-0.1, -0.05) is 97.4 Å². The summed E-state index contributed by atoms with van der Waals surface area (Å²) in [5.74, 6) is -7.79. The van der Waals surface area contributed by atoms with Crippen LogP contribution in [0.1, 0.15) is 106 Å². The predicted molar refractivity (Wildman–Crippen MR) is 312 cm³/mol. The van der Waals surface area contributed by atoms with E-state index in [9.17, 15) is 43.5 Å². The summed E-state index contributed by atoms with van der Waals surface area (Å²) in [5, 5.41) is 26.7. The molecule has 12 atom stereocenters. The number of nitrogens with zero attached hydrogens (tertiary/aromatic N) is 6. The quantitative estimate of drug-likeness (QED) is 0.174. The highest BCUT2D eigenvalue weighted by atomic mass is 16.3. The van der Waals surface area contributed by atoms with Crippen LogP contribution in [0.25, 0.3) is 0 Å². The van der Waals surface area contributed by atoms with Gasteiger partial charge in [-0.05, 0) is 74.0 Å². The molecule has 83 heavy (non-hydrogen) atoms. The number of hydrazine groups is 1. The molecule has 7 N–H and O–H groups in total. The maximum Gasteiger partial charge on any atom is 0.262 e. The minimum Gasteiger partial charge on any atom is -0.394 e. The lowest BCUT2D eigenvalue weighted by molar-refractivity contribution is -0.160. The highest BCUT2D eigenvalue weighted by Gasteiger charge is 2.45. The molecule has 23 heteroatoms. The summed E-state index contributed by atoms with van der Waals surface area (Å²) < 4.78 is 0. The fourth-order valence-corrected chi connectivity index (χ4v) is 11.3. The van der Waals surface area contributed by atoms with E-state index in [2.05, 4.69) is 32.0 Å². The fraction of sp³-hybridized carbons (Fsp3) is 0.633. The van der Waals surface area contributed by atoms with Gasteiger partial charge in [0, 0.05) is 85.4 Å². The van der Waals surface area contributed by atoms with E-state index in [1.54, 1.807) is 51.1 Å². The Morgan fingerprint density at radius 3 is 1.92 bits per heavy atom. The van der Waals surface area contributed by atoms with Gasteiger partial charge in [0.25, 0.3) is 5.91 Å². The maximum absolute atomic E-state index is 15.2. The normalized spacial score (nSPS) is 29.1. The van der Waals surface area contributed by atoms with E-state index in [0.717, 1.165) is 21.2 Å². The third-order valence-electron chi connectivity index (χ3n) is 16.8. The SMILES string of the molecule is CCC(C)C1NC(=O)C(CC2=CNC3=CC=CC(C)C23)N(C)C(=O)[C@H]2CCCNN2C(=O)C(CO)N(C)C(=O)C(CC(C)C)NC(=O)C(Cc2ccccc2)N(C)C(=O)[C@@H](C)NC(=O)[C@@H](C(C)C)N(C)C(=O)CCNC(=O)C(C)N(C)C1=O. The Hall–Kier alpha value is -7.14. The number of likely N-dealkylation sites (N-methyl/N-ethyl adjacent to an activating group) is 5. The van der Waals surface area contributed by atoms with Gasteiger partial charge in [0.05, 0.1) is 6.61 Å². The Kier molecular flexibility index (Phi) is 24.0. The minimum atomic E-state index is -1.58. The average molecular weight is 1160 g/mol. The predicted octanol–water partition coefficient (Wildman–Crippen LogP) is 1.20. The van der Waals surface area contributed by atoms with Crippen molar-refractivity contribution in [2.75, 3.05) is 54.9 Å². The second kappa shape index (κ2) is 29.9. The number of amides is 10. The summed E-state index contributed by atoms with van der Waals surface area (Å²) in [4.78, 5) is 151. The molecule has 1 aromatic carbocycles. The molecule has 1 aromatic rings. The van der Waals surface area contributed by atoms with Crippen LogP contribution < -0.4 is 32.0 Å². The van der Waals surface area contributed by atoms with Crippen LogP contribution in [0.2, 0.25) is 0 Å². The number of hydrogen-bond donors (Lipinski definition) is 7. The molecule has 4 aliphatic rings. The van der Waals surface area contributed by atoms with E-state index in [1.165, 1.54) is 68.7 Å². The number of benzene rings is 1. The molecule has 0 radical (unpaired) electrons. The van der Waals surface area contributed by atoms with Gasteiger partial charge in [-0.3, -0.25) is 53.0 Å². The topological polar surface area (TPSA) is 283 Å². The van der Waals surface area contributed by atoms with Crippen LogP contribution in [0.3, 0.4) is 0 Å². The van der Waals surface area contributed by atoms with Gasteiger partial charge < -0.3 is 56.2 Å². The molecular formula is C60H92N12O11. The number of carbonyl (C=O) groups excluding carboxylic acids is 10. The maximum atomic E-state index is 15.2. The average Bonchev–Trinajstić information content (AvgIpc) is 4.10. The first-order chi connectivity index (χ1) is 39.2. The van der Waals surface area contributed by atoms with Gasteiger partial charge in [-0.25, -0.2) is 5.43 Å². The van der Waals surface area contributed by atoms with Crippen LogP contribution in [0.4, 0.5) is 0 Å². The molecule has 3 aliphatic heterocycles. The van der Waals surface area contributed by atoms with E-state index in [-0.39, 0.29) is 62.9 Å². The van der Waals surface area contributed by atoms with E-state index in [0.29, 0.717) is 18.4 Å². The number of aliphatic hydroxyl groups is 1. The third-order valence-corrected chi connectivity index (χ3v) is 16.8. The largest absolute Gasteiger partial charge is 0.394 e. The second-order valence-electron chi connectivity index (χ2n) is 23.6. The zero-order valence-electron chi connectivity index (χ0n) is 51.1. The molecule has 1 aliphatic carbocycles. The Labute approximate surface area is 489 Å². The van der Waals surface area contributed by atoms with E-state index < -0.39 is 132 Å². The Bertz CT molecular complexity index is 2630. The molecule has 0 bridgehead atoms. The molecule has 0 spiro atoms. The van der Waals surface area contributed by atoms with Crippen LogP contribution in [0.5, 0.6) is 0 Å². The molecule has 2 saturated heterocycles. The van der Waals surface area contributed by atoms with Crippen molar-refractivity contribution in [1.29, 1.82) is 0 Å². The molecular weight excluding hydrogens is 1060 g/mol. The van der Waals surface area contributed by atoms with Crippen LogP contribution >= 0.6 is 0 Å². The van der Waals surface area contributed by atoms with Crippen molar-refractivity contribution in [1.82, 2.24) is 61.5 Å². The zero-order valence-corrected chi connectivity index (χ0v) is 51.1. The van der Waals surface area contributed by atoms with E-state index in [1.807, 2.05) is 52.1 Å². The van der Waals surface area contributed by atoms with Crippen LogP contribution in [0.15, 0.2) is 66.0 Å². The van der Waals surface area contributed by atoms with E-state index >= 15 is 9.59 Å². The third kappa shape index (κ3) is 16.2. The van der Waals surface area contributed by atoms with Crippen LogP contribution in [-0.4, -0.2) is 203 Å². The van der Waals surface area contributed by atoms with Gasteiger partial charge in [0.15, 0.2) is 0 Å². The molecule has 5 rings (SSSR count). The number of hydrogen-bond acceptors (Lipinski definition) is 13. The van der Waals surface area contributed by atoms with Crippen molar-refractivity contribution in [3.05, 3.63) is 71.6 Å². The van der Waals surface area contributed by atoms with Gasteiger partial charge in [-0.2, -0.15) is 0 Å². The monoisotopic (exact) mass is 1160 g/mol. The summed E-state index contributed by atoms with van der Waals surface area (Å²) in [5.41, 5.74) is 5.44. The lowest BCUT2D eigenvalue weighted by Crippen LogP contribution is -2.66. The smallest absolute Gasteiger partial charge is 0.262 e. The summed E-state index contributed by atoms with van der Waals surface area (Å²) in [6.45, 7) is 15.0. The number of fused-ring (bicyclic) bond motifs is 2. The number of carbonyl (C=O) groups is 10. The number of rotatable bonds is 10. The van der Waals surface area contributed by atoms with Gasteiger partial charge >= 0.3 is 0 Å². The Balaban J connectivity index is 1.59. The van der Waals surface area contributed by atoms with Crippen LogP contribution in [-0.2, 0) is 54.4 Å². The summed E-state index contributed by atoms with van der Waals surface area (Å²) in [6, 6.07) is -2.23. The van der Waals surface area contributed by atoms with Crippen molar-refractivity contribution in [3.8, 4) is 0 Å². The molecule has 458 valence electrons. The first-order valence-corrected chi connectivity index (χ1v) is 29.2. The van der Waals surface area contributed by atoms with Crippen molar-refractivity contribution in [3.63, 3.8) is 0 Å². The standard InChI is InChI=1S/C60H92N12O11/c1-15-36(6)50-60(83)67(10)39(9)52(75)61-28-26-48(74)71(14)51(35(4)5)55(78)64-38(8)56(79)68(11)45(30-40-22-17-16-18-23-40)53(76)65-43(29-34(2)3)57(80)70(13)47(33-73)59(82)72-44(25-20-27-63-72)58(81)69(12)46(54(77)66-50)31-41-32-62-42-24-19-21-37(7)49(41)42/h16-19,21-24,32,34-39,43-47,49-51,62-63,73H,15,20,25-31,33H2,1-14H3,(H,61,75)(H,64,78)(H,65,76)(H,66,77)/t36?,37?,38-,39?,43?,44-,45?,46?,47?,49?,50?,51-/m1/s1. The summed E-state index contributed by atoms with van der Waals surface area (Å²) >= 11 is 0. The summed E-state index contributed by atoms with van der Waals surface area (Å²) in [6.07, 6.45) is 8.63. The summed E-state index contributed by atoms with van der Waals surface area (Å²) in [7, 11) is 7.09. The molecule has 0 aromatic heterocycles. The zero-order chi connectivity index (χ0) is 61.7. The lowest BCUT2D eigenvalue weighted by atomic mass is 9.81. The molecule has 0 saturated carbocycles. The fourth-order valence-electron chi connectivity index (χ4n) is 11.3. The molecule has 9 unspecified atom stereocenters. The van der Waals surface area contributed by atoms with Gasteiger partial charge in [0.1, 0.15) is 54.4 Å². The molecule has 3 heterocycles.